The Morgan fingerprint density at radius 1 is 1.14 bits per heavy atom. The van der Waals surface area contributed by atoms with Gasteiger partial charge in [0.05, 0.1) is 7.05 Å². The van der Waals surface area contributed by atoms with Gasteiger partial charge in [-0.05, 0) is 5.56 Å². The highest BCUT2D eigenvalue weighted by Gasteiger charge is 2.28. The lowest BCUT2D eigenvalue weighted by atomic mass is 10.2. The summed E-state index contributed by atoms with van der Waals surface area (Å²) in [4.78, 5) is 27.9. The molecule has 1 amide bonds. The first-order chi connectivity index (χ1) is 10.4. The van der Waals surface area contributed by atoms with E-state index in [1.54, 1.807) is 24.3 Å². The molecule has 0 bridgehead atoms. The van der Waals surface area contributed by atoms with Crippen LogP contribution >= 0.6 is 7.60 Å². The molecule has 0 radical (unpaired) electrons. The van der Waals surface area contributed by atoms with Crippen LogP contribution in [0.1, 0.15) is 5.56 Å². The number of hydroxylamine groups is 2. The summed E-state index contributed by atoms with van der Waals surface area (Å²) in [6.45, 7) is 0.0379. The predicted octanol–water partition coefficient (Wildman–Crippen LogP) is 2.20. The topological polar surface area (TPSA) is 91.4 Å². The molecule has 22 heavy (non-hydrogen) atoms. The number of ether oxygens (including phenoxy) is 1. The predicted molar refractivity (Wildman–Crippen MR) is 77.0 cm³/mol. The SMILES string of the molecule is COP(=O)(CC(=O)ON(C)C(=O)OCc1ccccc1)OC. The first kappa shape index (κ1) is 18.2. The Morgan fingerprint density at radius 2 is 1.73 bits per heavy atom. The average Bonchev–Trinajstić information content (AvgIpc) is 2.53. The molecule has 0 aliphatic heterocycles. The summed E-state index contributed by atoms with van der Waals surface area (Å²) in [5, 5.41) is 0.612. The maximum absolute atomic E-state index is 11.7. The highest BCUT2D eigenvalue weighted by atomic mass is 31.2. The highest BCUT2D eigenvalue weighted by Crippen LogP contribution is 2.46. The van der Waals surface area contributed by atoms with Crippen molar-refractivity contribution in [3.8, 4) is 0 Å². The fourth-order valence-electron chi connectivity index (χ4n) is 1.39. The van der Waals surface area contributed by atoms with E-state index in [4.69, 9.17) is 4.74 Å². The Morgan fingerprint density at radius 3 is 2.27 bits per heavy atom. The second-order valence-corrected chi connectivity index (χ2v) is 6.40. The van der Waals surface area contributed by atoms with Crippen molar-refractivity contribution in [2.24, 2.45) is 0 Å². The van der Waals surface area contributed by atoms with E-state index in [0.717, 1.165) is 19.8 Å². The number of hydrogen-bond acceptors (Lipinski definition) is 7. The maximum atomic E-state index is 11.7. The quantitative estimate of drug-likeness (QED) is 0.583. The number of amides is 1. The average molecular weight is 331 g/mol. The summed E-state index contributed by atoms with van der Waals surface area (Å²) in [6, 6.07) is 9.02. The molecule has 0 aromatic heterocycles. The molecule has 0 atom stereocenters. The summed E-state index contributed by atoms with van der Waals surface area (Å²) in [7, 11) is -0.0397. The van der Waals surface area contributed by atoms with Crippen LogP contribution in [0.4, 0.5) is 4.79 Å². The van der Waals surface area contributed by atoms with Crippen LogP contribution in [0.2, 0.25) is 0 Å². The normalized spacial score (nSPS) is 10.9. The van der Waals surface area contributed by atoms with Crippen molar-refractivity contribution >= 4 is 19.7 Å². The van der Waals surface area contributed by atoms with Gasteiger partial charge in [-0.3, -0.25) is 4.57 Å². The fraction of sp³-hybridized carbons (Fsp3) is 0.385. The molecule has 1 aromatic rings. The van der Waals surface area contributed by atoms with Crippen molar-refractivity contribution in [3.05, 3.63) is 35.9 Å². The van der Waals surface area contributed by atoms with Crippen LogP contribution in [-0.2, 0) is 34.6 Å². The van der Waals surface area contributed by atoms with E-state index in [1.807, 2.05) is 6.07 Å². The molecular formula is C13H18NO7P. The zero-order valence-electron chi connectivity index (χ0n) is 12.6. The van der Waals surface area contributed by atoms with Gasteiger partial charge in [0, 0.05) is 14.2 Å². The van der Waals surface area contributed by atoms with Gasteiger partial charge >= 0.3 is 19.7 Å². The Hall–Kier alpha value is -1.89. The molecule has 1 rings (SSSR count). The van der Waals surface area contributed by atoms with E-state index in [-0.39, 0.29) is 6.61 Å². The zero-order chi connectivity index (χ0) is 16.6. The van der Waals surface area contributed by atoms with Crippen LogP contribution < -0.4 is 0 Å². The van der Waals surface area contributed by atoms with Gasteiger partial charge in [-0.15, -0.1) is 5.06 Å². The summed E-state index contributed by atoms with van der Waals surface area (Å²) in [5.41, 5.74) is 0.791. The minimum absolute atomic E-state index is 0.0379. The van der Waals surface area contributed by atoms with Gasteiger partial charge in [-0.2, -0.15) is 0 Å². The molecule has 0 aliphatic rings. The van der Waals surface area contributed by atoms with Gasteiger partial charge in [0.1, 0.15) is 6.61 Å². The third-order valence-corrected chi connectivity index (χ3v) is 4.34. The van der Waals surface area contributed by atoms with Crippen LogP contribution in [0, 0.1) is 0 Å². The molecule has 0 unspecified atom stereocenters. The number of carbonyl (C=O) groups excluding carboxylic acids is 2. The van der Waals surface area contributed by atoms with E-state index in [9.17, 15) is 14.2 Å². The molecule has 0 heterocycles. The summed E-state index contributed by atoms with van der Waals surface area (Å²) in [5.74, 6) is -0.939. The first-order valence-electron chi connectivity index (χ1n) is 6.26. The molecule has 0 aliphatic carbocycles. The van der Waals surface area contributed by atoms with Crippen molar-refractivity contribution in [1.29, 1.82) is 0 Å². The number of benzene rings is 1. The molecule has 8 nitrogen and oxygen atoms in total. The summed E-state index contributed by atoms with van der Waals surface area (Å²) in [6.07, 6.45) is -1.47. The Kier molecular flexibility index (Phi) is 7.04. The number of carbonyl (C=O) groups is 2. The molecule has 0 saturated carbocycles. The van der Waals surface area contributed by atoms with Gasteiger partial charge in [0.2, 0.25) is 0 Å². The van der Waals surface area contributed by atoms with Crippen LogP contribution in [0.15, 0.2) is 30.3 Å². The third-order valence-electron chi connectivity index (χ3n) is 2.58. The number of nitrogens with zero attached hydrogens (tertiary/aromatic N) is 1. The zero-order valence-corrected chi connectivity index (χ0v) is 13.4. The van der Waals surface area contributed by atoms with Gasteiger partial charge in [-0.25, -0.2) is 9.59 Å². The number of hydrogen-bond donors (Lipinski definition) is 0. The van der Waals surface area contributed by atoms with E-state index in [1.165, 1.54) is 7.05 Å². The van der Waals surface area contributed by atoms with Crippen molar-refractivity contribution in [1.82, 2.24) is 5.06 Å². The van der Waals surface area contributed by atoms with Crippen molar-refractivity contribution in [3.63, 3.8) is 0 Å². The lowest BCUT2D eigenvalue weighted by Gasteiger charge is -2.17. The maximum Gasteiger partial charge on any atom is 0.443 e. The van der Waals surface area contributed by atoms with Crippen molar-refractivity contribution in [2.75, 3.05) is 27.4 Å². The Balaban J connectivity index is 2.43. The van der Waals surface area contributed by atoms with Gasteiger partial charge < -0.3 is 18.6 Å². The Bertz CT molecular complexity index is 541. The lowest BCUT2D eigenvalue weighted by molar-refractivity contribution is -0.173. The van der Waals surface area contributed by atoms with E-state index in [2.05, 4.69) is 13.9 Å². The van der Waals surface area contributed by atoms with E-state index in [0.29, 0.717) is 5.06 Å². The van der Waals surface area contributed by atoms with Crippen LogP contribution in [0.25, 0.3) is 0 Å². The van der Waals surface area contributed by atoms with Crippen molar-refractivity contribution < 1.29 is 32.8 Å². The summed E-state index contributed by atoms with van der Waals surface area (Å²) < 4.78 is 25.9. The van der Waals surface area contributed by atoms with Gasteiger partial charge in [-0.1, -0.05) is 30.3 Å². The van der Waals surface area contributed by atoms with Crippen LogP contribution in [0.5, 0.6) is 0 Å². The van der Waals surface area contributed by atoms with E-state index < -0.39 is 25.8 Å². The second kappa shape index (κ2) is 8.53. The molecular weight excluding hydrogens is 313 g/mol. The highest BCUT2D eigenvalue weighted by molar-refractivity contribution is 7.54. The monoisotopic (exact) mass is 331 g/mol. The summed E-state index contributed by atoms with van der Waals surface area (Å²) >= 11 is 0. The van der Waals surface area contributed by atoms with Crippen LogP contribution in [0.3, 0.4) is 0 Å². The molecule has 0 N–H and O–H groups in total. The van der Waals surface area contributed by atoms with Crippen LogP contribution in [-0.4, -0.2) is 44.6 Å². The molecule has 0 fully saturated rings. The first-order valence-corrected chi connectivity index (χ1v) is 7.98. The molecule has 0 spiro atoms. The standard InChI is InChI=1S/C13H18NO7P/c1-14(21-12(15)10-22(17,18-2)19-3)13(16)20-9-11-7-5-4-6-8-11/h4-8H,9-10H2,1-3H3. The second-order valence-electron chi connectivity index (χ2n) is 4.14. The lowest BCUT2D eigenvalue weighted by Crippen LogP contribution is -2.31. The third kappa shape index (κ3) is 5.85. The molecule has 9 heteroatoms. The molecule has 1 aromatic carbocycles. The van der Waals surface area contributed by atoms with Gasteiger partial charge in [0.15, 0.2) is 6.16 Å². The van der Waals surface area contributed by atoms with E-state index >= 15 is 0 Å². The molecule has 122 valence electrons. The van der Waals surface area contributed by atoms with Crippen molar-refractivity contribution in [2.45, 2.75) is 6.61 Å². The van der Waals surface area contributed by atoms with Gasteiger partial charge in [0.25, 0.3) is 0 Å². The number of rotatable bonds is 6. The minimum atomic E-state index is -3.54. The Labute approximate surface area is 128 Å². The minimum Gasteiger partial charge on any atom is -0.442 e. The largest absolute Gasteiger partial charge is 0.443 e. The molecule has 0 saturated heterocycles. The smallest absolute Gasteiger partial charge is 0.442 e. The fourth-order valence-corrected chi connectivity index (χ4v) is 2.17.